The predicted molar refractivity (Wildman–Crippen MR) is 623 cm³/mol. The Labute approximate surface area is 913 Å². The summed E-state index contributed by atoms with van der Waals surface area (Å²) in [6, 6.07) is 0. The molecule has 0 atom stereocenters. The van der Waals surface area contributed by atoms with E-state index in [2.05, 4.69) is 187 Å². The minimum absolute atomic E-state index is 0.324. The Hall–Kier alpha value is -6.90. The SMILES string of the molecule is CCCCC/C=C\C/C=C\CCCCCCCC(=O)O.CCCCC/C=C\C/C=C\CCCCCCCC(=O)O.CCCCC/C=C\C/C=C\CCCCCCCC(=O)O.CCCCC/C=C\C/C=C\CCCCCCCC(=O)O.CCCCC/C=C\C/C=C\CCCCCCCC(=O)O.CCCCC/C=C\C/C=C\CCCCCCCC(=O)O.OCC(O)CO.OCC(O)CO.OCC(O)CO.OCC(O)CO.OCC(O)CO. The van der Waals surface area contributed by atoms with Crippen LogP contribution < -0.4 is 0 Å². The van der Waals surface area contributed by atoms with Crippen LogP contribution in [0.2, 0.25) is 0 Å². The monoisotopic (exact) mass is 2140 g/mol. The number of aliphatic carboxylic acids is 6. The van der Waals surface area contributed by atoms with Crippen LogP contribution in [0.15, 0.2) is 146 Å². The largest absolute Gasteiger partial charge is 0.481 e. The number of aliphatic hydroxyl groups excluding tert-OH is 15. The summed E-state index contributed by atoms with van der Waals surface area (Å²) in [5.74, 6) is -4.02. The quantitative estimate of drug-likeness (QED) is 0.0199. The van der Waals surface area contributed by atoms with Crippen molar-refractivity contribution in [3.63, 3.8) is 0 Å². The van der Waals surface area contributed by atoms with Crippen LogP contribution in [0, 0.1) is 0 Å². The molecule has 0 radical (unpaired) electrons. The average Bonchev–Trinajstić information content (AvgIpc) is 1.10. The first kappa shape index (κ1) is 166. The van der Waals surface area contributed by atoms with Gasteiger partial charge in [-0.1, -0.05) is 380 Å². The van der Waals surface area contributed by atoms with E-state index in [0.717, 1.165) is 154 Å². The molecule has 0 amide bonds. The molecular formula is C123H232O27. The van der Waals surface area contributed by atoms with Crippen LogP contribution >= 0.6 is 0 Å². The van der Waals surface area contributed by atoms with Gasteiger partial charge in [-0.05, 0) is 231 Å². The van der Waals surface area contributed by atoms with E-state index in [1.165, 1.54) is 270 Å². The second kappa shape index (κ2) is 162. The van der Waals surface area contributed by atoms with Gasteiger partial charge in [-0.25, -0.2) is 0 Å². The molecule has 0 aromatic rings. The number of carboxylic acids is 6. The Morgan fingerprint density at radius 2 is 0.227 bits per heavy atom. The molecule has 0 aromatic carbocycles. The Morgan fingerprint density at radius 1 is 0.140 bits per heavy atom. The second-order valence-electron chi connectivity index (χ2n) is 37.3. The molecule has 0 aliphatic carbocycles. The van der Waals surface area contributed by atoms with E-state index >= 15 is 0 Å². The van der Waals surface area contributed by atoms with Gasteiger partial charge in [0.15, 0.2) is 0 Å². The van der Waals surface area contributed by atoms with E-state index < -0.39 is 66.3 Å². The number of hydrogen-bond acceptors (Lipinski definition) is 21. The van der Waals surface area contributed by atoms with Gasteiger partial charge in [0.2, 0.25) is 0 Å². The van der Waals surface area contributed by atoms with Gasteiger partial charge in [-0.15, -0.1) is 0 Å². The highest BCUT2D eigenvalue weighted by Crippen LogP contribution is 2.16. The Bertz CT molecular complexity index is 2450. The molecule has 21 N–H and O–H groups in total. The molecule has 0 unspecified atom stereocenters. The van der Waals surface area contributed by atoms with Gasteiger partial charge in [-0.3, -0.25) is 28.8 Å². The van der Waals surface area contributed by atoms with Crippen molar-refractivity contribution in [1.29, 1.82) is 0 Å². The van der Waals surface area contributed by atoms with Crippen LogP contribution in [-0.4, -0.2) is 240 Å². The molecule has 0 heterocycles. The third-order valence-electron chi connectivity index (χ3n) is 22.2. The zero-order valence-corrected chi connectivity index (χ0v) is 95.6. The van der Waals surface area contributed by atoms with E-state index in [-0.39, 0.29) is 66.1 Å². The van der Waals surface area contributed by atoms with Crippen molar-refractivity contribution in [2.45, 2.75) is 534 Å². The number of hydrogen-bond donors (Lipinski definition) is 21. The molecule has 0 aliphatic rings. The van der Waals surface area contributed by atoms with Gasteiger partial charge < -0.3 is 107 Å². The third kappa shape index (κ3) is 209. The van der Waals surface area contributed by atoms with E-state index in [1.54, 1.807) is 0 Å². The molecule has 0 saturated heterocycles. The first-order chi connectivity index (χ1) is 72.7. The molecule has 27 nitrogen and oxygen atoms in total. The zero-order chi connectivity index (χ0) is 114. The molecule has 0 fully saturated rings. The fraction of sp³-hybridized carbons (Fsp3) is 0.756. The second-order valence-corrected chi connectivity index (χ2v) is 37.3. The van der Waals surface area contributed by atoms with E-state index in [1.807, 2.05) is 0 Å². The lowest BCUT2D eigenvalue weighted by atomic mass is 10.1. The molecule has 27 heteroatoms. The maximum Gasteiger partial charge on any atom is 0.303 e. The number of allylic oxidation sites excluding steroid dienone is 24. The van der Waals surface area contributed by atoms with E-state index in [0.29, 0.717) is 38.5 Å². The summed E-state index contributed by atoms with van der Waals surface area (Å²) >= 11 is 0. The van der Waals surface area contributed by atoms with Gasteiger partial charge >= 0.3 is 35.8 Å². The van der Waals surface area contributed by atoms with Crippen LogP contribution in [0.5, 0.6) is 0 Å². The highest BCUT2D eigenvalue weighted by molar-refractivity contribution is 5.68. The molecule has 150 heavy (non-hydrogen) atoms. The summed E-state index contributed by atoms with van der Waals surface area (Å²) in [5.41, 5.74) is 0. The topological polar surface area (TPSA) is 527 Å². The fourth-order valence-electron chi connectivity index (χ4n) is 12.8. The van der Waals surface area contributed by atoms with E-state index in [9.17, 15) is 28.8 Å². The summed E-state index contributed by atoms with van der Waals surface area (Å²) in [4.78, 5) is 61.9. The normalized spacial score (nSPS) is 11.3. The number of carboxylic acid groups (broad SMARTS) is 6. The minimum atomic E-state index is -0.954. The average molecular weight is 2140 g/mol. The lowest BCUT2D eigenvalue weighted by Gasteiger charge is -1.98. The molecule has 0 spiro atoms. The molecule has 0 aromatic heterocycles. The number of aliphatic hydroxyl groups is 15. The molecule has 0 bridgehead atoms. The maximum atomic E-state index is 10.3. The van der Waals surface area contributed by atoms with Crippen molar-refractivity contribution in [1.82, 2.24) is 0 Å². The van der Waals surface area contributed by atoms with Gasteiger partial charge in [0.25, 0.3) is 0 Å². The van der Waals surface area contributed by atoms with Crippen molar-refractivity contribution < 1.29 is 136 Å². The predicted octanol–water partition coefficient (Wildman–Crippen LogP) is 27.0. The minimum Gasteiger partial charge on any atom is -0.481 e. The fourth-order valence-corrected chi connectivity index (χ4v) is 12.8. The first-order valence-corrected chi connectivity index (χ1v) is 58.3. The van der Waals surface area contributed by atoms with Gasteiger partial charge in [0.1, 0.15) is 30.5 Å². The lowest BCUT2D eigenvalue weighted by molar-refractivity contribution is -0.138. The highest BCUT2D eigenvalue weighted by Gasteiger charge is 2.05. The van der Waals surface area contributed by atoms with Gasteiger partial charge in [0, 0.05) is 38.5 Å². The smallest absolute Gasteiger partial charge is 0.303 e. The number of carbonyl (C=O) groups is 6. The van der Waals surface area contributed by atoms with Crippen LogP contribution in [0.25, 0.3) is 0 Å². The number of unbranched alkanes of at least 4 members (excludes halogenated alkanes) is 48. The van der Waals surface area contributed by atoms with Crippen molar-refractivity contribution in [3.05, 3.63) is 146 Å². The van der Waals surface area contributed by atoms with E-state index in [4.69, 9.17) is 107 Å². The van der Waals surface area contributed by atoms with Gasteiger partial charge in [0.05, 0.1) is 66.1 Å². The van der Waals surface area contributed by atoms with Crippen LogP contribution in [-0.2, 0) is 28.8 Å². The van der Waals surface area contributed by atoms with Crippen molar-refractivity contribution in [2.75, 3.05) is 66.1 Å². The van der Waals surface area contributed by atoms with Crippen LogP contribution in [0.3, 0.4) is 0 Å². The number of rotatable bonds is 94. The molecule has 886 valence electrons. The Balaban J connectivity index is -0.000000162. The first-order valence-electron chi connectivity index (χ1n) is 58.3. The molecular weight excluding hydrogens is 1910 g/mol. The summed E-state index contributed by atoms with van der Waals surface area (Å²) in [6.45, 7) is 9.76. The Kier molecular flexibility index (Phi) is 179. The van der Waals surface area contributed by atoms with Gasteiger partial charge in [-0.2, -0.15) is 0 Å². The summed E-state index contributed by atoms with van der Waals surface area (Å²) < 4.78 is 0. The maximum absolute atomic E-state index is 10.3. The standard InChI is InChI=1S/6C18H32O2.5C3H8O3/c6*1-2-3-4-5-6-7-8-9-10-11-12-13-14-15-16-17-18(19)20;5*4-1-3(6)2-5/h6*6-7,9-10H,2-5,8,11-17H2,1H3,(H,19,20);5*3-6H,1-2H2/b6*7-6-,10-9-;;;;;. The summed E-state index contributed by atoms with van der Waals surface area (Å²) in [6.07, 6.45) is 129. The van der Waals surface area contributed by atoms with Crippen molar-refractivity contribution in [3.8, 4) is 0 Å². The van der Waals surface area contributed by atoms with Crippen LogP contribution in [0.4, 0.5) is 0 Å². The third-order valence-corrected chi connectivity index (χ3v) is 22.2. The summed E-state index contributed by atoms with van der Waals surface area (Å²) in [7, 11) is 0. The van der Waals surface area contributed by atoms with Crippen molar-refractivity contribution >= 4 is 35.8 Å². The molecule has 0 saturated carbocycles. The van der Waals surface area contributed by atoms with Crippen molar-refractivity contribution in [2.24, 2.45) is 0 Å². The zero-order valence-electron chi connectivity index (χ0n) is 95.6. The molecule has 0 rings (SSSR count). The lowest BCUT2D eigenvalue weighted by Crippen LogP contribution is -2.15. The summed E-state index contributed by atoms with van der Waals surface area (Å²) in [5, 5.41) is 171. The van der Waals surface area contributed by atoms with Crippen LogP contribution in [0.1, 0.15) is 504 Å². The molecule has 0 aliphatic heterocycles. The highest BCUT2D eigenvalue weighted by atomic mass is 16.4. The Morgan fingerprint density at radius 3 is 0.307 bits per heavy atom.